The second-order valence-electron chi connectivity index (χ2n) is 7.86. The molecule has 3 aromatic rings. The fourth-order valence-corrected chi connectivity index (χ4v) is 4.41. The zero-order valence-corrected chi connectivity index (χ0v) is 20.6. The summed E-state index contributed by atoms with van der Waals surface area (Å²) >= 11 is 18.0. The number of likely N-dealkylation sites (tertiary alicyclic amines) is 1. The first-order chi connectivity index (χ1) is 16.2. The van der Waals surface area contributed by atoms with Gasteiger partial charge in [0.05, 0.1) is 24.8 Å². The highest BCUT2D eigenvalue weighted by Gasteiger charge is 2.41. The highest BCUT2D eigenvalue weighted by molar-refractivity contribution is 6.34. The number of pyridine rings is 1. The van der Waals surface area contributed by atoms with Gasteiger partial charge in [0.25, 0.3) is 0 Å². The Hall–Kier alpha value is -2.88. The number of rotatable bonds is 5. The van der Waals surface area contributed by atoms with Crippen LogP contribution in [0.5, 0.6) is 0 Å². The quantitative estimate of drug-likeness (QED) is 0.377. The molecule has 9 nitrogen and oxygen atoms in total. The predicted molar refractivity (Wildman–Crippen MR) is 128 cm³/mol. The summed E-state index contributed by atoms with van der Waals surface area (Å²) in [7, 11) is 0. The number of carbonyl (C=O) groups excluding carboxylic acids is 2. The van der Waals surface area contributed by atoms with Crippen molar-refractivity contribution in [3.8, 4) is 0 Å². The fraction of sp³-hybridized carbons (Fsp3) is 0.318. The van der Waals surface area contributed by atoms with Gasteiger partial charge >= 0.3 is 12.0 Å². The highest BCUT2D eigenvalue weighted by atomic mass is 35.5. The third kappa shape index (κ3) is 5.43. The zero-order chi connectivity index (χ0) is 24.4. The van der Waals surface area contributed by atoms with Crippen LogP contribution < -0.4 is 5.32 Å². The molecule has 1 saturated heterocycles. The van der Waals surface area contributed by atoms with E-state index >= 15 is 0 Å². The first kappa shape index (κ1) is 24.3. The molecule has 3 heterocycles. The van der Waals surface area contributed by atoms with Crippen LogP contribution in [0.3, 0.4) is 0 Å². The van der Waals surface area contributed by atoms with E-state index in [1.54, 1.807) is 11.0 Å². The van der Waals surface area contributed by atoms with Crippen LogP contribution in [0, 0.1) is 6.92 Å². The third-order valence-electron chi connectivity index (χ3n) is 5.43. The van der Waals surface area contributed by atoms with E-state index in [0.717, 1.165) is 5.56 Å². The second kappa shape index (κ2) is 10.2. The maximum absolute atomic E-state index is 13.3. The lowest BCUT2D eigenvalue weighted by Crippen LogP contribution is -2.37. The fourth-order valence-electron chi connectivity index (χ4n) is 3.89. The van der Waals surface area contributed by atoms with Gasteiger partial charge in [0, 0.05) is 18.4 Å². The summed E-state index contributed by atoms with van der Waals surface area (Å²) < 4.78 is 7.35. The minimum absolute atomic E-state index is 0.0647. The van der Waals surface area contributed by atoms with Gasteiger partial charge in [-0.3, -0.25) is 4.79 Å². The van der Waals surface area contributed by atoms with Crippen molar-refractivity contribution in [2.45, 2.75) is 39.0 Å². The van der Waals surface area contributed by atoms with E-state index in [9.17, 15) is 9.59 Å². The van der Waals surface area contributed by atoms with E-state index in [1.165, 1.54) is 13.0 Å². The topological polar surface area (TPSA) is 102 Å². The van der Waals surface area contributed by atoms with Gasteiger partial charge in [-0.05, 0) is 36.8 Å². The molecular weight excluding hydrogens is 503 g/mol. The van der Waals surface area contributed by atoms with Gasteiger partial charge in [-0.2, -0.15) is 0 Å². The molecule has 1 aliphatic rings. The molecule has 34 heavy (non-hydrogen) atoms. The number of aryl methyl sites for hydroxylation is 1. The molecule has 178 valence electrons. The molecule has 4 rings (SSSR count). The maximum Gasteiger partial charge on any atom is 0.322 e. The number of benzene rings is 1. The molecule has 0 spiro atoms. The second-order valence-corrected chi connectivity index (χ2v) is 9.04. The molecule has 0 aliphatic carbocycles. The standard InChI is InChI=1S/C22H21Cl3N6O3/c1-12-28-29-21(30(12)10-14-3-5-15(23)6-4-14)18-9-16(34-13(2)32)11-31(18)22(33)26-17-7-8-19(24)27-20(17)25/h3-8,16,18H,9-11H2,1-2H3,(H,26,33). The predicted octanol–water partition coefficient (Wildman–Crippen LogP) is 4.90. The average Bonchev–Trinajstić information content (AvgIpc) is 3.34. The largest absolute Gasteiger partial charge is 0.461 e. The number of urea groups is 1. The molecule has 0 saturated carbocycles. The Kier molecular flexibility index (Phi) is 7.25. The summed E-state index contributed by atoms with van der Waals surface area (Å²) in [6.45, 7) is 3.85. The van der Waals surface area contributed by atoms with Gasteiger partial charge < -0.3 is 19.5 Å². The molecule has 2 aromatic heterocycles. The number of amides is 2. The molecule has 1 fully saturated rings. The molecule has 0 bridgehead atoms. The van der Waals surface area contributed by atoms with Gasteiger partial charge in [-0.25, -0.2) is 9.78 Å². The number of hydrogen-bond acceptors (Lipinski definition) is 6. The molecular formula is C22H21Cl3N6O3. The molecule has 12 heteroatoms. The first-order valence-electron chi connectivity index (χ1n) is 10.4. The number of esters is 1. The summed E-state index contributed by atoms with van der Waals surface area (Å²) in [6, 6.07) is 9.62. The van der Waals surface area contributed by atoms with Gasteiger partial charge in [0.15, 0.2) is 11.0 Å². The number of hydrogen-bond donors (Lipinski definition) is 1. The van der Waals surface area contributed by atoms with E-state index in [4.69, 9.17) is 39.5 Å². The molecule has 1 aliphatic heterocycles. The summed E-state index contributed by atoms with van der Waals surface area (Å²) in [4.78, 5) is 30.4. The smallest absolute Gasteiger partial charge is 0.322 e. The van der Waals surface area contributed by atoms with Crippen LogP contribution in [0.2, 0.25) is 15.3 Å². The number of ether oxygens (including phenoxy) is 1. The van der Waals surface area contributed by atoms with Crippen molar-refractivity contribution in [1.82, 2.24) is 24.6 Å². The Bertz CT molecular complexity index is 1220. The van der Waals surface area contributed by atoms with Crippen molar-refractivity contribution in [3.05, 3.63) is 68.9 Å². The maximum atomic E-state index is 13.3. The van der Waals surface area contributed by atoms with Crippen molar-refractivity contribution in [3.63, 3.8) is 0 Å². The van der Waals surface area contributed by atoms with Crippen LogP contribution in [0.25, 0.3) is 0 Å². The SMILES string of the molecule is CC(=O)OC1CC(c2nnc(C)n2Cc2ccc(Cl)cc2)N(C(=O)Nc2ccc(Cl)nc2Cl)C1. The summed E-state index contributed by atoms with van der Waals surface area (Å²) in [6.07, 6.45) is -0.119. The van der Waals surface area contributed by atoms with Crippen LogP contribution >= 0.6 is 34.8 Å². The van der Waals surface area contributed by atoms with Gasteiger partial charge in [-0.1, -0.05) is 46.9 Å². The number of carbonyl (C=O) groups is 2. The lowest BCUT2D eigenvalue weighted by Gasteiger charge is -2.25. The number of nitrogens with zero attached hydrogens (tertiary/aromatic N) is 5. The van der Waals surface area contributed by atoms with E-state index in [-0.39, 0.29) is 16.9 Å². The Labute approximate surface area is 211 Å². The Morgan fingerprint density at radius 1 is 1.12 bits per heavy atom. The van der Waals surface area contributed by atoms with Crippen LogP contribution in [-0.2, 0) is 16.1 Å². The number of nitrogens with one attached hydrogen (secondary N) is 1. The Morgan fingerprint density at radius 2 is 1.85 bits per heavy atom. The normalized spacial score (nSPS) is 17.6. The summed E-state index contributed by atoms with van der Waals surface area (Å²) in [5, 5.41) is 12.3. The molecule has 0 radical (unpaired) electrons. The summed E-state index contributed by atoms with van der Waals surface area (Å²) in [5.74, 6) is 0.846. The molecule has 1 aromatic carbocycles. The molecule has 2 amide bonds. The lowest BCUT2D eigenvalue weighted by molar-refractivity contribution is -0.145. The van der Waals surface area contributed by atoms with E-state index in [0.29, 0.717) is 35.3 Å². The van der Waals surface area contributed by atoms with Gasteiger partial charge in [0.2, 0.25) is 0 Å². The van der Waals surface area contributed by atoms with Crippen LogP contribution in [0.4, 0.5) is 10.5 Å². The minimum atomic E-state index is -0.493. The number of anilines is 1. The van der Waals surface area contributed by atoms with Crippen molar-refractivity contribution in [1.29, 1.82) is 0 Å². The highest BCUT2D eigenvalue weighted by Crippen LogP contribution is 2.34. The number of aromatic nitrogens is 4. The first-order valence-corrected chi connectivity index (χ1v) is 11.6. The monoisotopic (exact) mass is 522 g/mol. The number of halogens is 3. The zero-order valence-electron chi connectivity index (χ0n) is 18.3. The lowest BCUT2D eigenvalue weighted by atomic mass is 10.1. The van der Waals surface area contributed by atoms with Crippen LogP contribution in [-0.4, -0.2) is 49.3 Å². The Morgan fingerprint density at radius 3 is 2.53 bits per heavy atom. The van der Waals surface area contributed by atoms with Crippen LogP contribution in [0.15, 0.2) is 36.4 Å². The van der Waals surface area contributed by atoms with Crippen molar-refractivity contribution in [2.24, 2.45) is 0 Å². The minimum Gasteiger partial charge on any atom is -0.461 e. The molecule has 2 atom stereocenters. The summed E-state index contributed by atoms with van der Waals surface area (Å²) in [5.41, 5.74) is 1.31. The van der Waals surface area contributed by atoms with Crippen molar-refractivity contribution in [2.75, 3.05) is 11.9 Å². The van der Waals surface area contributed by atoms with Gasteiger partial charge in [-0.15, -0.1) is 10.2 Å². The van der Waals surface area contributed by atoms with Gasteiger partial charge in [0.1, 0.15) is 17.1 Å². The average molecular weight is 524 g/mol. The Balaban J connectivity index is 1.63. The molecule has 2 unspecified atom stereocenters. The van der Waals surface area contributed by atoms with Crippen molar-refractivity contribution >= 4 is 52.5 Å². The van der Waals surface area contributed by atoms with Crippen LogP contribution in [0.1, 0.15) is 36.6 Å². The van der Waals surface area contributed by atoms with Crippen molar-refractivity contribution < 1.29 is 14.3 Å². The van der Waals surface area contributed by atoms with E-state index in [2.05, 4.69) is 20.5 Å². The molecule has 1 N–H and O–H groups in total. The third-order valence-corrected chi connectivity index (χ3v) is 6.18. The van der Waals surface area contributed by atoms with E-state index in [1.807, 2.05) is 35.8 Å². The van der Waals surface area contributed by atoms with E-state index < -0.39 is 24.1 Å².